The van der Waals surface area contributed by atoms with Crippen LogP contribution in [0.15, 0.2) is 36.5 Å². The molecule has 0 radical (unpaired) electrons. The fraction of sp³-hybridized carbons (Fsp3) is 0.593. The van der Waals surface area contributed by atoms with Gasteiger partial charge in [-0.05, 0) is 64.3 Å². The zero-order valence-corrected chi connectivity index (χ0v) is 20.6. The van der Waals surface area contributed by atoms with Crippen molar-refractivity contribution in [2.75, 3.05) is 38.7 Å². The van der Waals surface area contributed by atoms with Gasteiger partial charge in [-0.25, -0.2) is 9.97 Å². The fourth-order valence-electron chi connectivity index (χ4n) is 6.01. The number of piperidine rings is 1. The van der Waals surface area contributed by atoms with Crippen molar-refractivity contribution in [3.05, 3.63) is 53.3 Å². The molecule has 7 nitrogen and oxygen atoms in total. The van der Waals surface area contributed by atoms with Crippen LogP contribution < -0.4 is 5.32 Å². The normalized spacial score (nSPS) is 28.4. The fourth-order valence-corrected chi connectivity index (χ4v) is 6.01. The predicted octanol–water partition coefficient (Wildman–Crippen LogP) is 3.64. The van der Waals surface area contributed by atoms with Crippen LogP contribution >= 0.6 is 0 Å². The van der Waals surface area contributed by atoms with Crippen LogP contribution in [0.25, 0.3) is 0 Å². The molecule has 182 valence electrons. The van der Waals surface area contributed by atoms with E-state index < -0.39 is 0 Å². The lowest BCUT2D eigenvalue weighted by molar-refractivity contribution is -0.143. The van der Waals surface area contributed by atoms with E-state index in [4.69, 9.17) is 9.72 Å². The van der Waals surface area contributed by atoms with E-state index in [0.717, 1.165) is 63.2 Å². The Balaban J connectivity index is 1.38. The minimum Gasteiger partial charge on any atom is -0.381 e. The lowest BCUT2D eigenvalue weighted by atomic mass is 9.79. The highest BCUT2D eigenvalue weighted by molar-refractivity contribution is 5.81. The van der Waals surface area contributed by atoms with Gasteiger partial charge in [-0.15, -0.1) is 0 Å². The van der Waals surface area contributed by atoms with Crippen molar-refractivity contribution < 1.29 is 9.53 Å². The van der Waals surface area contributed by atoms with Crippen molar-refractivity contribution in [2.24, 2.45) is 5.92 Å². The zero-order chi connectivity index (χ0) is 23.7. The number of carbonyl (C=O) groups is 1. The number of carbonyl (C=O) groups excluding carboxylic acids is 1. The van der Waals surface area contributed by atoms with Gasteiger partial charge in [-0.3, -0.25) is 4.79 Å². The van der Waals surface area contributed by atoms with E-state index in [1.54, 1.807) is 0 Å². The summed E-state index contributed by atoms with van der Waals surface area (Å²) < 4.78 is 5.47. The number of anilines is 1. The Morgan fingerprint density at radius 2 is 1.88 bits per heavy atom. The summed E-state index contributed by atoms with van der Waals surface area (Å²) in [6.07, 6.45) is 5.58. The second kappa shape index (κ2) is 10.0. The summed E-state index contributed by atoms with van der Waals surface area (Å²) in [4.78, 5) is 28.1. The third-order valence-electron chi connectivity index (χ3n) is 7.87. The van der Waals surface area contributed by atoms with Gasteiger partial charge in [0.1, 0.15) is 0 Å². The van der Waals surface area contributed by atoms with Gasteiger partial charge in [-0.1, -0.05) is 30.3 Å². The Bertz CT molecular complexity index is 994. The molecule has 7 heteroatoms. The Morgan fingerprint density at radius 3 is 2.65 bits per heavy atom. The third-order valence-corrected chi connectivity index (χ3v) is 7.87. The number of likely N-dealkylation sites (N-methyl/N-ethyl adjacent to an activating group) is 1. The van der Waals surface area contributed by atoms with E-state index in [1.807, 2.05) is 12.3 Å². The van der Waals surface area contributed by atoms with E-state index in [2.05, 4.69) is 65.3 Å². The number of nitrogens with one attached hydrogen (secondary N) is 1. The molecule has 34 heavy (non-hydrogen) atoms. The van der Waals surface area contributed by atoms with Crippen molar-refractivity contribution in [2.45, 2.75) is 63.6 Å². The van der Waals surface area contributed by atoms with Gasteiger partial charge in [0.2, 0.25) is 11.9 Å². The highest BCUT2D eigenvalue weighted by Gasteiger charge is 2.41. The van der Waals surface area contributed by atoms with E-state index in [9.17, 15) is 4.79 Å². The smallest absolute Gasteiger partial charge is 0.227 e. The summed E-state index contributed by atoms with van der Waals surface area (Å²) in [5.74, 6) is 1.14. The van der Waals surface area contributed by atoms with Gasteiger partial charge in [-0.2, -0.15) is 0 Å². The molecule has 2 aromatic rings. The molecule has 4 heterocycles. The SMILES string of the molecule is C[C@@H]1Cc2cnc(NC3CCOCC3)nc2[C@@H](C)N1C(=O)[C@H]1CCN(C)C[C@@H]1c1ccccc1. The van der Waals surface area contributed by atoms with Crippen molar-refractivity contribution in [1.82, 2.24) is 19.8 Å². The van der Waals surface area contributed by atoms with Crippen LogP contribution in [0, 0.1) is 5.92 Å². The molecule has 3 aliphatic heterocycles. The molecule has 2 saturated heterocycles. The van der Waals surface area contributed by atoms with E-state index >= 15 is 0 Å². The molecule has 1 aromatic carbocycles. The first kappa shape index (κ1) is 23.2. The summed E-state index contributed by atoms with van der Waals surface area (Å²) >= 11 is 0. The first-order valence-corrected chi connectivity index (χ1v) is 12.8. The Kier molecular flexibility index (Phi) is 6.84. The summed E-state index contributed by atoms with van der Waals surface area (Å²) in [5.41, 5.74) is 3.40. The monoisotopic (exact) mass is 463 g/mol. The Labute approximate surface area is 202 Å². The van der Waals surface area contributed by atoms with E-state index in [-0.39, 0.29) is 29.8 Å². The number of hydrogen-bond donors (Lipinski definition) is 1. The van der Waals surface area contributed by atoms with Crippen molar-refractivity contribution in [3.63, 3.8) is 0 Å². The number of amides is 1. The minimum atomic E-state index is -0.0689. The molecule has 0 spiro atoms. The number of rotatable bonds is 4. The second-order valence-electron chi connectivity index (χ2n) is 10.3. The highest BCUT2D eigenvalue weighted by Crippen LogP contribution is 2.38. The van der Waals surface area contributed by atoms with Gasteiger partial charge >= 0.3 is 0 Å². The number of aromatic nitrogens is 2. The molecule has 1 aromatic heterocycles. The van der Waals surface area contributed by atoms with E-state index in [1.165, 1.54) is 5.56 Å². The number of hydrogen-bond acceptors (Lipinski definition) is 6. The molecule has 5 rings (SSSR count). The summed E-state index contributed by atoms with van der Waals surface area (Å²) in [6, 6.07) is 10.9. The maximum Gasteiger partial charge on any atom is 0.227 e. The first-order chi connectivity index (χ1) is 16.5. The molecule has 1 amide bonds. The van der Waals surface area contributed by atoms with Crippen LogP contribution in [0.2, 0.25) is 0 Å². The van der Waals surface area contributed by atoms with Crippen LogP contribution in [0.1, 0.15) is 61.9 Å². The quantitative estimate of drug-likeness (QED) is 0.747. The minimum absolute atomic E-state index is 0.00767. The molecule has 0 bridgehead atoms. The van der Waals surface area contributed by atoms with Gasteiger partial charge in [0, 0.05) is 49.9 Å². The predicted molar refractivity (Wildman–Crippen MR) is 133 cm³/mol. The molecular weight excluding hydrogens is 426 g/mol. The van der Waals surface area contributed by atoms with Crippen LogP contribution in [0.4, 0.5) is 5.95 Å². The largest absolute Gasteiger partial charge is 0.381 e. The Morgan fingerprint density at radius 1 is 1.12 bits per heavy atom. The molecule has 0 aliphatic carbocycles. The lowest BCUT2D eigenvalue weighted by Gasteiger charge is -2.44. The van der Waals surface area contributed by atoms with Crippen molar-refractivity contribution in [3.8, 4) is 0 Å². The average molecular weight is 464 g/mol. The van der Waals surface area contributed by atoms with Crippen LogP contribution in [0.5, 0.6) is 0 Å². The number of nitrogens with zero attached hydrogens (tertiary/aromatic N) is 4. The van der Waals surface area contributed by atoms with Gasteiger partial charge < -0.3 is 19.9 Å². The van der Waals surface area contributed by atoms with Gasteiger partial charge in [0.25, 0.3) is 0 Å². The van der Waals surface area contributed by atoms with Crippen molar-refractivity contribution >= 4 is 11.9 Å². The van der Waals surface area contributed by atoms with Crippen LogP contribution in [-0.2, 0) is 16.0 Å². The zero-order valence-electron chi connectivity index (χ0n) is 20.6. The highest BCUT2D eigenvalue weighted by atomic mass is 16.5. The summed E-state index contributed by atoms with van der Waals surface area (Å²) in [5, 5.41) is 3.49. The Hall–Kier alpha value is -2.51. The maximum atomic E-state index is 14.1. The maximum absolute atomic E-state index is 14.1. The number of likely N-dealkylation sites (tertiary alicyclic amines) is 1. The first-order valence-electron chi connectivity index (χ1n) is 12.8. The topological polar surface area (TPSA) is 70.6 Å². The second-order valence-corrected chi connectivity index (χ2v) is 10.3. The van der Waals surface area contributed by atoms with Gasteiger partial charge in [0.05, 0.1) is 11.7 Å². The van der Waals surface area contributed by atoms with E-state index in [0.29, 0.717) is 12.0 Å². The number of fused-ring (bicyclic) bond motifs is 1. The van der Waals surface area contributed by atoms with Crippen molar-refractivity contribution in [1.29, 1.82) is 0 Å². The third kappa shape index (κ3) is 4.68. The number of benzene rings is 1. The summed E-state index contributed by atoms with van der Waals surface area (Å²) in [7, 11) is 2.16. The molecule has 0 saturated carbocycles. The molecule has 4 atom stereocenters. The average Bonchev–Trinajstić information content (AvgIpc) is 2.85. The molecular formula is C27H37N5O2. The standard InChI is InChI=1S/C27H37N5O2/c1-18-15-21-16-28-27(29-22-10-13-34-14-11-22)30-25(21)19(2)32(18)26(33)23-9-12-31(3)17-24(23)20-7-5-4-6-8-20/h4-8,16,18-19,22-24H,9-15,17H2,1-3H3,(H,28,29,30)/t18-,19-,23+,24-/m1/s1. The lowest BCUT2D eigenvalue weighted by Crippen LogP contribution is -2.51. The summed E-state index contributed by atoms with van der Waals surface area (Å²) in [6.45, 7) is 7.71. The molecule has 1 N–H and O–H groups in total. The molecule has 0 unspecified atom stereocenters. The molecule has 3 aliphatic rings. The number of ether oxygens (including phenoxy) is 1. The molecule has 2 fully saturated rings. The van der Waals surface area contributed by atoms with Crippen LogP contribution in [-0.4, -0.2) is 71.1 Å². The van der Waals surface area contributed by atoms with Gasteiger partial charge in [0.15, 0.2) is 0 Å². The van der Waals surface area contributed by atoms with Crippen LogP contribution in [0.3, 0.4) is 0 Å².